The van der Waals surface area contributed by atoms with Crippen molar-refractivity contribution in [1.29, 1.82) is 0 Å². The molecule has 3 heterocycles. The first kappa shape index (κ1) is 26.5. The van der Waals surface area contributed by atoms with Crippen molar-refractivity contribution < 1.29 is 0 Å². The number of nitrogens with zero attached hydrogens (tertiary/aromatic N) is 6. The molecule has 10 rings (SSSR count). The molecule has 0 saturated heterocycles. The predicted molar refractivity (Wildman–Crippen MR) is 195 cm³/mol. The summed E-state index contributed by atoms with van der Waals surface area (Å²) in [7, 11) is 0. The van der Waals surface area contributed by atoms with Crippen LogP contribution in [0.25, 0.3) is 88.7 Å². The van der Waals surface area contributed by atoms with E-state index in [1.807, 2.05) is 89.7 Å². The van der Waals surface area contributed by atoms with Gasteiger partial charge in [0.05, 0.1) is 28.4 Å². The number of hydrogen-bond donors (Lipinski definition) is 0. The van der Waals surface area contributed by atoms with Crippen molar-refractivity contribution in [3.63, 3.8) is 0 Å². The fraction of sp³-hybridized carbons (Fsp3) is 0. The molecular weight excluding hydrogens is 589 g/mol. The van der Waals surface area contributed by atoms with E-state index in [0.717, 1.165) is 60.3 Å². The molecule has 0 spiro atoms. The Hall–Kier alpha value is -6.66. The zero-order valence-electron chi connectivity index (χ0n) is 25.7. The molecule has 0 saturated carbocycles. The molecule has 7 aromatic carbocycles. The van der Waals surface area contributed by atoms with Crippen molar-refractivity contribution in [3.8, 4) is 34.4 Å². The maximum absolute atomic E-state index is 5.21. The summed E-state index contributed by atoms with van der Waals surface area (Å²) in [6.45, 7) is 0. The second-order valence-corrected chi connectivity index (χ2v) is 12.0. The molecule has 0 amide bonds. The number of rotatable bonds is 4. The minimum atomic E-state index is 0.568. The van der Waals surface area contributed by atoms with Crippen LogP contribution in [0, 0.1) is 0 Å². The molecule has 224 valence electrons. The van der Waals surface area contributed by atoms with Gasteiger partial charge in [-0.1, -0.05) is 127 Å². The molecule has 0 radical (unpaired) electrons. The van der Waals surface area contributed by atoms with Crippen molar-refractivity contribution >= 4 is 54.3 Å². The summed E-state index contributed by atoms with van der Waals surface area (Å²) >= 11 is 0. The van der Waals surface area contributed by atoms with Crippen LogP contribution in [-0.2, 0) is 0 Å². The number of hydrogen-bond acceptors (Lipinski definition) is 4. The Kier molecular flexibility index (Phi) is 5.77. The van der Waals surface area contributed by atoms with E-state index in [4.69, 9.17) is 20.1 Å². The highest BCUT2D eigenvalue weighted by Gasteiger charge is 2.23. The van der Waals surface area contributed by atoms with Gasteiger partial charge in [-0.3, -0.25) is 4.57 Å². The van der Waals surface area contributed by atoms with Crippen molar-refractivity contribution in [1.82, 2.24) is 29.3 Å². The molecule has 3 aromatic heterocycles. The Balaban J connectivity index is 1.39. The van der Waals surface area contributed by atoms with Gasteiger partial charge in [0.1, 0.15) is 0 Å². The van der Waals surface area contributed by atoms with Crippen molar-refractivity contribution in [2.75, 3.05) is 0 Å². The lowest BCUT2D eigenvalue weighted by molar-refractivity contribution is 0.911. The molecule has 0 unspecified atom stereocenters. The van der Waals surface area contributed by atoms with E-state index in [1.165, 1.54) is 10.8 Å². The van der Waals surface area contributed by atoms with Crippen molar-refractivity contribution in [2.45, 2.75) is 0 Å². The van der Waals surface area contributed by atoms with Crippen LogP contribution in [-0.4, -0.2) is 29.3 Å². The zero-order valence-corrected chi connectivity index (χ0v) is 25.7. The average molecular weight is 615 g/mol. The van der Waals surface area contributed by atoms with Gasteiger partial charge in [0.25, 0.3) is 0 Å². The Morgan fingerprint density at radius 2 is 1.02 bits per heavy atom. The van der Waals surface area contributed by atoms with Gasteiger partial charge in [-0.2, -0.15) is 15.1 Å². The maximum atomic E-state index is 5.21. The van der Waals surface area contributed by atoms with Crippen LogP contribution >= 0.6 is 0 Å². The molecular formula is C42H26N6. The molecule has 0 fully saturated rings. The van der Waals surface area contributed by atoms with E-state index in [1.54, 1.807) is 0 Å². The lowest BCUT2D eigenvalue weighted by Crippen LogP contribution is -2.06. The fourth-order valence-corrected chi connectivity index (χ4v) is 7.07. The monoisotopic (exact) mass is 614 g/mol. The SMILES string of the molecule is c1ccc(-c2nc(-c3ccccc3)nc(-n3c4ccc5c(cnn5-c5ccccc5)c4c4ccc5ccc6ccccc6c5c43)n2)cc1. The van der Waals surface area contributed by atoms with Crippen molar-refractivity contribution in [2.24, 2.45) is 0 Å². The molecule has 10 aromatic rings. The Bertz CT molecular complexity index is 2760. The first-order valence-corrected chi connectivity index (χ1v) is 16.0. The summed E-state index contributed by atoms with van der Waals surface area (Å²) in [6.07, 6.45) is 1.99. The van der Waals surface area contributed by atoms with Crippen LogP contribution in [0.15, 0.2) is 158 Å². The third-order valence-electron chi connectivity index (χ3n) is 9.24. The van der Waals surface area contributed by atoms with Crippen LogP contribution in [0.1, 0.15) is 0 Å². The van der Waals surface area contributed by atoms with Gasteiger partial charge in [0.15, 0.2) is 11.6 Å². The standard InChI is InChI=1S/C42H26N6/c1-4-13-29(14-5-1)40-44-41(30-15-6-2-7-16-30)46-42(45-40)47-36-25-24-35-34(26-43-48(35)31-17-8-3-9-18-31)38(36)33-23-22-28-21-20-27-12-10-11-19-32(27)37(28)39(33)47/h1-26H. The first-order chi connectivity index (χ1) is 23.8. The van der Waals surface area contributed by atoms with Crippen molar-refractivity contribution in [3.05, 3.63) is 158 Å². The van der Waals surface area contributed by atoms with Gasteiger partial charge in [-0.05, 0) is 40.4 Å². The smallest absolute Gasteiger partial charge is 0.238 e. The minimum absolute atomic E-state index is 0.568. The summed E-state index contributed by atoms with van der Waals surface area (Å²) in [4.78, 5) is 15.4. The number of para-hydroxylation sites is 1. The highest BCUT2D eigenvalue weighted by atomic mass is 15.3. The number of benzene rings is 7. The summed E-state index contributed by atoms with van der Waals surface area (Å²) in [5.74, 6) is 1.81. The number of aromatic nitrogens is 6. The summed E-state index contributed by atoms with van der Waals surface area (Å²) < 4.78 is 4.25. The predicted octanol–water partition coefficient (Wildman–Crippen LogP) is 9.95. The Morgan fingerprint density at radius 1 is 0.417 bits per heavy atom. The van der Waals surface area contributed by atoms with Gasteiger partial charge in [-0.15, -0.1) is 0 Å². The third kappa shape index (κ3) is 3.99. The summed E-state index contributed by atoms with van der Waals surface area (Å²) in [6, 6.07) is 52.3. The lowest BCUT2D eigenvalue weighted by Gasteiger charge is -2.13. The van der Waals surface area contributed by atoms with E-state index in [-0.39, 0.29) is 0 Å². The van der Waals surface area contributed by atoms with Gasteiger partial charge < -0.3 is 0 Å². The lowest BCUT2D eigenvalue weighted by atomic mass is 9.99. The van der Waals surface area contributed by atoms with Crippen LogP contribution in [0.4, 0.5) is 0 Å². The minimum Gasteiger partial charge on any atom is -0.277 e. The maximum Gasteiger partial charge on any atom is 0.238 e. The van der Waals surface area contributed by atoms with Crippen LogP contribution in [0.3, 0.4) is 0 Å². The Labute approximate surface area is 275 Å². The second-order valence-electron chi connectivity index (χ2n) is 12.0. The number of fused-ring (bicyclic) bond motifs is 9. The van der Waals surface area contributed by atoms with Crippen LogP contribution in [0.5, 0.6) is 0 Å². The zero-order chi connectivity index (χ0) is 31.6. The van der Waals surface area contributed by atoms with E-state index in [9.17, 15) is 0 Å². The van der Waals surface area contributed by atoms with Crippen LogP contribution < -0.4 is 0 Å². The van der Waals surface area contributed by atoms with Gasteiger partial charge >= 0.3 is 0 Å². The van der Waals surface area contributed by atoms with E-state index < -0.39 is 0 Å². The normalized spacial score (nSPS) is 11.8. The molecule has 48 heavy (non-hydrogen) atoms. The summed E-state index contributed by atoms with van der Waals surface area (Å²) in [5, 5.41) is 12.9. The second kappa shape index (κ2) is 10.4. The highest BCUT2D eigenvalue weighted by molar-refractivity contribution is 6.29. The highest BCUT2D eigenvalue weighted by Crippen LogP contribution is 2.42. The largest absolute Gasteiger partial charge is 0.277 e. The first-order valence-electron chi connectivity index (χ1n) is 16.0. The molecule has 6 heteroatoms. The molecule has 0 aliphatic heterocycles. The quantitative estimate of drug-likeness (QED) is 0.185. The topological polar surface area (TPSA) is 61.4 Å². The molecule has 0 aliphatic rings. The fourth-order valence-electron chi connectivity index (χ4n) is 7.07. The average Bonchev–Trinajstić information content (AvgIpc) is 3.75. The van der Waals surface area contributed by atoms with Gasteiger partial charge in [0.2, 0.25) is 5.95 Å². The van der Waals surface area contributed by atoms with E-state index >= 15 is 0 Å². The molecule has 0 atom stereocenters. The Morgan fingerprint density at radius 3 is 1.75 bits per heavy atom. The van der Waals surface area contributed by atoms with E-state index in [2.05, 4.69) is 77.4 Å². The molecule has 0 bridgehead atoms. The van der Waals surface area contributed by atoms with Gasteiger partial charge in [0, 0.05) is 32.7 Å². The van der Waals surface area contributed by atoms with Gasteiger partial charge in [-0.25, -0.2) is 9.67 Å². The van der Waals surface area contributed by atoms with E-state index in [0.29, 0.717) is 17.6 Å². The summed E-state index contributed by atoms with van der Waals surface area (Å²) in [5.41, 5.74) is 5.99. The molecule has 6 nitrogen and oxygen atoms in total. The molecule has 0 N–H and O–H groups in total. The molecule has 0 aliphatic carbocycles. The third-order valence-corrected chi connectivity index (χ3v) is 9.24. The van der Waals surface area contributed by atoms with Crippen LogP contribution in [0.2, 0.25) is 0 Å².